The first-order valence-corrected chi connectivity index (χ1v) is 7.60. The molecule has 0 amide bonds. The summed E-state index contributed by atoms with van der Waals surface area (Å²) in [5, 5.41) is 12.0. The Labute approximate surface area is 132 Å². The van der Waals surface area contributed by atoms with E-state index in [0.717, 1.165) is 28.6 Å². The Hall–Kier alpha value is -2.22. The highest BCUT2D eigenvalue weighted by molar-refractivity contribution is 7.99. The highest BCUT2D eigenvalue weighted by Gasteiger charge is 2.14. The number of ether oxygens (including phenoxy) is 1. The molecule has 1 aromatic carbocycles. The Balaban J connectivity index is 2.08. The molecule has 0 fully saturated rings. The molecule has 0 N–H and O–H groups in total. The van der Waals surface area contributed by atoms with E-state index in [1.54, 1.807) is 4.68 Å². The lowest BCUT2D eigenvalue weighted by Gasteiger charge is -2.08. The Morgan fingerprint density at radius 3 is 2.82 bits per heavy atom. The van der Waals surface area contributed by atoms with Gasteiger partial charge in [-0.25, -0.2) is 0 Å². The lowest BCUT2D eigenvalue weighted by atomic mass is 10.1. The first-order chi connectivity index (χ1) is 10.5. The number of nitrogens with zero attached hydrogens (tertiary/aromatic N) is 4. The number of thioether (sulfide) groups is 1. The summed E-state index contributed by atoms with van der Waals surface area (Å²) in [5.41, 5.74) is 2.98. The highest BCUT2D eigenvalue weighted by Crippen LogP contribution is 2.21. The van der Waals surface area contributed by atoms with E-state index in [-0.39, 0.29) is 18.1 Å². The molecule has 0 atom stereocenters. The Bertz CT molecular complexity index is 699. The second-order valence-electron chi connectivity index (χ2n) is 4.81. The number of benzene rings is 1. The summed E-state index contributed by atoms with van der Waals surface area (Å²) in [7, 11) is 0. The average Bonchev–Trinajstić information content (AvgIpc) is 2.93. The molecule has 0 aliphatic carbocycles. The molecule has 0 bridgehead atoms. The van der Waals surface area contributed by atoms with Gasteiger partial charge in [0.15, 0.2) is 5.78 Å². The number of esters is 1. The van der Waals surface area contributed by atoms with Crippen molar-refractivity contribution in [3.05, 3.63) is 29.3 Å². The van der Waals surface area contributed by atoms with Crippen LogP contribution in [0.15, 0.2) is 23.4 Å². The van der Waals surface area contributed by atoms with Gasteiger partial charge in [0.1, 0.15) is 6.61 Å². The molecule has 7 nitrogen and oxygen atoms in total. The molecule has 0 unspecified atom stereocenters. The fraction of sp³-hybridized carbons (Fsp3) is 0.357. The molecule has 2 rings (SSSR count). The van der Waals surface area contributed by atoms with Gasteiger partial charge in [0.05, 0.1) is 11.4 Å². The van der Waals surface area contributed by atoms with Gasteiger partial charge in [-0.1, -0.05) is 23.9 Å². The van der Waals surface area contributed by atoms with E-state index in [9.17, 15) is 9.59 Å². The number of hydrogen-bond acceptors (Lipinski definition) is 7. The number of Topliss-reactive ketones (excluding diaryl/α,β-unsaturated/α-hetero) is 1. The number of carbonyl (C=O) groups is 2. The van der Waals surface area contributed by atoms with E-state index in [2.05, 4.69) is 15.5 Å². The van der Waals surface area contributed by atoms with Gasteiger partial charge >= 0.3 is 5.97 Å². The van der Waals surface area contributed by atoms with Crippen LogP contribution in [0.1, 0.15) is 18.1 Å². The molecule has 1 aromatic heterocycles. The Morgan fingerprint density at radius 1 is 1.32 bits per heavy atom. The van der Waals surface area contributed by atoms with Gasteiger partial charge in [-0.15, -0.1) is 5.10 Å². The lowest BCUT2D eigenvalue weighted by Crippen LogP contribution is -2.13. The predicted octanol–water partition coefficient (Wildman–Crippen LogP) is 1.50. The van der Waals surface area contributed by atoms with E-state index >= 15 is 0 Å². The normalized spacial score (nSPS) is 10.5. The first kappa shape index (κ1) is 16.2. The predicted molar refractivity (Wildman–Crippen MR) is 81.0 cm³/mol. The molecule has 0 saturated carbocycles. The maximum Gasteiger partial charge on any atom is 0.316 e. The standard InChI is InChI=1S/C14H16N4O3S/c1-9-4-5-10(2)12(6-9)18-14(15-16-17-18)22-8-13(20)21-7-11(3)19/h4-6H,7-8H2,1-3H3. The second-order valence-corrected chi connectivity index (χ2v) is 5.76. The Morgan fingerprint density at radius 2 is 2.09 bits per heavy atom. The van der Waals surface area contributed by atoms with Gasteiger partial charge in [-0.05, 0) is 48.4 Å². The van der Waals surface area contributed by atoms with Crippen molar-refractivity contribution < 1.29 is 14.3 Å². The van der Waals surface area contributed by atoms with Crippen molar-refractivity contribution in [2.75, 3.05) is 12.4 Å². The third-order valence-electron chi connectivity index (χ3n) is 2.79. The molecule has 116 valence electrons. The highest BCUT2D eigenvalue weighted by atomic mass is 32.2. The SMILES string of the molecule is CC(=O)COC(=O)CSc1nnnn1-c1cc(C)ccc1C. The van der Waals surface area contributed by atoms with Crippen LogP contribution in [-0.2, 0) is 14.3 Å². The van der Waals surface area contributed by atoms with Gasteiger partial charge < -0.3 is 4.74 Å². The summed E-state index contributed by atoms with van der Waals surface area (Å²) < 4.78 is 6.39. The zero-order valence-corrected chi connectivity index (χ0v) is 13.4. The van der Waals surface area contributed by atoms with Crippen LogP contribution in [0.4, 0.5) is 0 Å². The van der Waals surface area contributed by atoms with E-state index in [1.807, 2.05) is 32.0 Å². The summed E-state index contributed by atoms with van der Waals surface area (Å²) in [5.74, 6) is -0.632. The maximum atomic E-state index is 11.5. The van der Waals surface area contributed by atoms with Gasteiger partial charge in [0.25, 0.3) is 0 Å². The van der Waals surface area contributed by atoms with E-state index < -0.39 is 5.97 Å². The summed E-state index contributed by atoms with van der Waals surface area (Å²) in [4.78, 5) is 22.3. The van der Waals surface area contributed by atoms with Gasteiger partial charge in [0.2, 0.25) is 5.16 Å². The molecule has 0 radical (unpaired) electrons. The topological polar surface area (TPSA) is 87.0 Å². The molecule has 0 aliphatic heterocycles. The summed E-state index contributed by atoms with van der Waals surface area (Å²) in [6.07, 6.45) is 0. The average molecular weight is 320 g/mol. The van der Waals surface area contributed by atoms with Crippen LogP contribution in [-0.4, -0.2) is 44.3 Å². The zero-order chi connectivity index (χ0) is 16.1. The smallest absolute Gasteiger partial charge is 0.316 e. The van der Waals surface area contributed by atoms with Crippen LogP contribution >= 0.6 is 11.8 Å². The summed E-state index contributed by atoms with van der Waals surface area (Å²) in [6, 6.07) is 5.97. The number of rotatable bonds is 6. The minimum atomic E-state index is -0.476. The molecule has 0 aliphatic rings. The minimum absolute atomic E-state index is 0.0402. The quantitative estimate of drug-likeness (QED) is 0.589. The fourth-order valence-electron chi connectivity index (χ4n) is 1.71. The molecular formula is C14H16N4O3S. The maximum absolute atomic E-state index is 11.5. The van der Waals surface area contributed by atoms with Crippen molar-refractivity contribution >= 4 is 23.5 Å². The fourth-order valence-corrected chi connectivity index (χ4v) is 2.40. The largest absolute Gasteiger partial charge is 0.457 e. The van der Waals surface area contributed by atoms with Crippen molar-refractivity contribution in [1.82, 2.24) is 20.2 Å². The third kappa shape index (κ3) is 4.14. The monoisotopic (exact) mass is 320 g/mol. The van der Waals surface area contributed by atoms with Crippen LogP contribution in [0.2, 0.25) is 0 Å². The molecule has 2 aromatic rings. The number of tetrazole rings is 1. The number of aryl methyl sites for hydroxylation is 2. The minimum Gasteiger partial charge on any atom is -0.457 e. The number of aromatic nitrogens is 4. The van der Waals surface area contributed by atoms with Gasteiger partial charge in [0, 0.05) is 0 Å². The van der Waals surface area contributed by atoms with Crippen molar-refractivity contribution in [3.63, 3.8) is 0 Å². The lowest BCUT2D eigenvalue weighted by molar-refractivity contribution is -0.144. The van der Waals surface area contributed by atoms with Crippen molar-refractivity contribution in [1.29, 1.82) is 0 Å². The molecular weight excluding hydrogens is 304 g/mol. The number of ketones is 1. The Kier molecular flexibility index (Phi) is 5.26. The molecule has 0 saturated heterocycles. The van der Waals surface area contributed by atoms with Crippen molar-refractivity contribution in [2.45, 2.75) is 25.9 Å². The van der Waals surface area contributed by atoms with E-state index in [1.165, 1.54) is 6.92 Å². The van der Waals surface area contributed by atoms with E-state index in [0.29, 0.717) is 5.16 Å². The summed E-state index contributed by atoms with van der Waals surface area (Å²) in [6.45, 7) is 5.11. The molecule has 0 spiro atoms. The van der Waals surface area contributed by atoms with Gasteiger partial charge in [-0.3, -0.25) is 9.59 Å². The zero-order valence-electron chi connectivity index (χ0n) is 12.6. The first-order valence-electron chi connectivity index (χ1n) is 6.61. The molecule has 22 heavy (non-hydrogen) atoms. The van der Waals surface area contributed by atoms with E-state index in [4.69, 9.17) is 4.74 Å². The van der Waals surface area contributed by atoms with Crippen molar-refractivity contribution in [3.8, 4) is 5.69 Å². The second kappa shape index (κ2) is 7.17. The number of carbonyl (C=O) groups excluding carboxylic acids is 2. The third-order valence-corrected chi connectivity index (χ3v) is 3.68. The summed E-state index contributed by atoms with van der Waals surface area (Å²) >= 11 is 1.16. The number of hydrogen-bond donors (Lipinski definition) is 0. The van der Waals surface area contributed by atoms with Crippen LogP contribution in [0, 0.1) is 13.8 Å². The van der Waals surface area contributed by atoms with Crippen LogP contribution in [0.25, 0.3) is 5.69 Å². The van der Waals surface area contributed by atoms with Crippen LogP contribution in [0.5, 0.6) is 0 Å². The van der Waals surface area contributed by atoms with Gasteiger partial charge in [-0.2, -0.15) is 4.68 Å². The van der Waals surface area contributed by atoms with Crippen LogP contribution in [0.3, 0.4) is 0 Å². The van der Waals surface area contributed by atoms with Crippen molar-refractivity contribution in [2.24, 2.45) is 0 Å². The molecule has 1 heterocycles. The molecule has 8 heteroatoms. The van der Waals surface area contributed by atoms with Crippen LogP contribution < -0.4 is 0 Å².